The number of nitrogens with one attached hydrogen (secondary N) is 2. The summed E-state index contributed by atoms with van der Waals surface area (Å²) in [7, 11) is 0. The molecule has 0 radical (unpaired) electrons. The van der Waals surface area contributed by atoms with Crippen molar-refractivity contribution in [1.29, 1.82) is 0 Å². The Morgan fingerprint density at radius 2 is 2.11 bits per heavy atom. The summed E-state index contributed by atoms with van der Waals surface area (Å²) in [4.78, 5) is 12.6. The van der Waals surface area contributed by atoms with E-state index in [1.54, 1.807) is 0 Å². The molecule has 19 heavy (non-hydrogen) atoms. The van der Waals surface area contributed by atoms with Crippen molar-refractivity contribution in [1.82, 2.24) is 5.32 Å². The van der Waals surface area contributed by atoms with E-state index in [9.17, 15) is 4.79 Å². The lowest BCUT2D eigenvalue weighted by Gasteiger charge is -2.35. The smallest absolute Gasteiger partial charge is 0.230 e. The van der Waals surface area contributed by atoms with Crippen molar-refractivity contribution in [2.75, 3.05) is 18.4 Å². The maximum atomic E-state index is 12.6. The second-order valence-corrected chi connectivity index (χ2v) is 6.10. The van der Waals surface area contributed by atoms with Crippen molar-refractivity contribution < 1.29 is 4.79 Å². The third-order valence-corrected chi connectivity index (χ3v) is 5.09. The van der Waals surface area contributed by atoms with Gasteiger partial charge < -0.3 is 10.6 Å². The fourth-order valence-electron chi connectivity index (χ4n) is 2.64. The third-order valence-electron chi connectivity index (χ3n) is 4.24. The highest BCUT2D eigenvalue weighted by atomic mass is 79.9. The number of amides is 1. The van der Waals surface area contributed by atoms with E-state index in [1.165, 1.54) is 0 Å². The molecule has 1 heterocycles. The lowest BCUT2D eigenvalue weighted by Crippen LogP contribution is -2.44. The topological polar surface area (TPSA) is 41.1 Å². The van der Waals surface area contributed by atoms with Crippen LogP contribution in [-0.2, 0) is 4.79 Å². The number of benzene rings is 1. The molecule has 1 amide bonds. The monoisotopic (exact) mass is 324 g/mol. The Morgan fingerprint density at radius 3 is 2.74 bits per heavy atom. The number of carbonyl (C=O) groups excluding carboxylic acids is 1. The second-order valence-electron chi connectivity index (χ2n) is 5.25. The molecule has 3 nitrogen and oxygen atoms in total. The van der Waals surface area contributed by atoms with E-state index in [4.69, 9.17) is 0 Å². The summed E-state index contributed by atoms with van der Waals surface area (Å²) in [5.74, 6) is 0.165. The van der Waals surface area contributed by atoms with Gasteiger partial charge in [-0.2, -0.15) is 0 Å². The zero-order valence-corrected chi connectivity index (χ0v) is 13.1. The molecule has 0 unspecified atom stereocenters. The Balaban J connectivity index is 2.17. The molecular weight excluding hydrogens is 304 g/mol. The van der Waals surface area contributed by atoms with E-state index in [0.717, 1.165) is 48.1 Å². The average Bonchev–Trinajstić information content (AvgIpc) is 2.44. The van der Waals surface area contributed by atoms with Gasteiger partial charge in [0, 0.05) is 10.2 Å². The average molecular weight is 325 g/mol. The zero-order chi connectivity index (χ0) is 13.9. The van der Waals surface area contributed by atoms with Crippen molar-refractivity contribution in [2.24, 2.45) is 5.41 Å². The standard InChI is InChI=1S/C15H21BrN2O/c1-3-15(7-9-17-10-8-15)14(19)18-13-6-4-5-12(16)11(13)2/h4-6,17H,3,7-10H2,1-2H3,(H,18,19). The van der Waals surface area contributed by atoms with Gasteiger partial charge >= 0.3 is 0 Å². The van der Waals surface area contributed by atoms with Gasteiger partial charge in [0.05, 0.1) is 5.41 Å². The van der Waals surface area contributed by atoms with Crippen LogP contribution >= 0.6 is 15.9 Å². The first-order chi connectivity index (χ1) is 9.09. The minimum absolute atomic E-state index is 0.165. The van der Waals surface area contributed by atoms with Crippen molar-refractivity contribution in [3.8, 4) is 0 Å². The molecule has 1 aromatic carbocycles. The zero-order valence-electron chi connectivity index (χ0n) is 11.6. The molecule has 1 saturated heterocycles. The van der Waals surface area contributed by atoms with Crippen LogP contribution in [0.25, 0.3) is 0 Å². The van der Waals surface area contributed by atoms with Crippen molar-refractivity contribution in [3.05, 3.63) is 28.2 Å². The molecule has 2 N–H and O–H groups in total. The minimum Gasteiger partial charge on any atom is -0.325 e. The summed E-state index contributed by atoms with van der Waals surface area (Å²) in [6.45, 7) is 5.98. The van der Waals surface area contributed by atoms with Gasteiger partial charge in [0.25, 0.3) is 0 Å². The van der Waals surface area contributed by atoms with E-state index >= 15 is 0 Å². The predicted molar refractivity (Wildman–Crippen MR) is 82.3 cm³/mol. The van der Waals surface area contributed by atoms with Crippen LogP contribution in [0, 0.1) is 12.3 Å². The summed E-state index contributed by atoms with van der Waals surface area (Å²) < 4.78 is 1.03. The Morgan fingerprint density at radius 1 is 1.42 bits per heavy atom. The lowest BCUT2D eigenvalue weighted by atomic mass is 9.76. The predicted octanol–water partition coefficient (Wildman–Crippen LogP) is 3.48. The molecule has 4 heteroatoms. The third kappa shape index (κ3) is 3.00. The summed E-state index contributed by atoms with van der Waals surface area (Å²) in [5, 5.41) is 6.44. The first kappa shape index (κ1) is 14.5. The van der Waals surface area contributed by atoms with Crippen LogP contribution in [0.2, 0.25) is 0 Å². The highest BCUT2D eigenvalue weighted by molar-refractivity contribution is 9.10. The van der Waals surface area contributed by atoms with E-state index in [1.807, 2.05) is 25.1 Å². The van der Waals surface area contributed by atoms with E-state index in [0.29, 0.717) is 0 Å². The van der Waals surface area contributed by atoms with Crippen LogP contribution < -0.4 is 10.6 Å². The Hall–Kier alpha value is -0.870. The quantitative estimate of drug-likeness (QED) is 0.893. The van der Waals surface area contributed by atoms with E-state index in [-0.39, 0.29) is 11.3 Å². The summed E-state index contributed by atoms with van der Waals surface area (Å²) in [6.07, 6.45) is 2.73. The van der Waals surface area contributed by atoms with Gasteiger partial charge in [0.15, 0.2) is 0 Å². The fraction of sp³-hybridized carbons (Fsp3) is 0.533. The molecule has 104 valence electrons. The molecule has 0 saturated carbocycles. The van der Waals surface area contributed by atoms with Crippen LogP contribution in [0.4, 0.5) is 5.69 Å². The molecule has 1 aromatic rings. The van der Waals surface area contributed by atoms with E-state index < -0.39 is 0 Å². The Labute approximate surface area is 123 Å². The van der Waals surface area contributed by atoms with Crippen molar-refractivity contribution in [3.63, 3.8) is 0 Å². The maximum Gasteiger partial charge on any atom is 0.230 e. The molecule has 0 aromatic heterocycles. The Bertz CT molecular complexity index is 467. The fourth-order valence-corrected chi connectivity index (χ4v) is 3.01. The van der Waals surface area contributed by atoms with Crippen LogP contribution in [0.1, 0.15) is 31.7 Å². The van der Waals surface area contributed by atoms with Gasteiger partial charge in [0.2, 0.25) is 5.91 Å². The summed E-state index contributed by atoms with van der Waals surface area (Å²) in [5.41, 5.74) is 1.78. The first-order valence-electron chi connectivity index (χ1n) is 6.86. The second kappa shape index (κ2) is 6.06. The van der Waals surface area contributed by atoms with Crippen LogP contribution in [0.5, 0.6) is 0 Å². The van der Waals surface area contributed by atoms with Crippen LogP contribution in [0.15, 0.2) is 22.7 Å². The van der Waals surface area contributed by atoms with Gasteiger partial charge in [-0.25, -0.2) is 0 Å². The van der Waals surface area contributed by atoms with Gasteiger partial charge in [-0.15, -0.1) is 0 Å². The molecular formula is C15H21BrN2O. The van der Waals surface area contributed by atoms with Gasteiger partial charge in [-0.05, 0) is 57.0 Å². The van der Waals surface area contributed by atoms with Crippen LogP contribution in [-0.4, -0.2) is 19.0 Å². The molecule has 2 rings (SSSR count). The molecule has 0 bridgehead atoms. The largest absolute Gasteiger partial charge is 0.325 e. The highest BCUT2D eigenvalue weighted by Crippen LogP contribution is 2.34. The molecule has 1 aliphatic rings. The van der Waals surface area contributed by atoms with Crippen LogP contribution in [0.3, 0.4) is 0 Å². The number of carbonyl (C=O) groups is 1. The minimum atomic E-state index is -0.208. The van der Waals surface area contributed by atoms with Crippen molar-refractivity contribution >= 4 is 27.5 Å². The SMILES string of the molecule is CCC1(C(=O)Nc2cccc(Br)c2C)CCNCC1. The van der Waals surface area contributed by atoms with Gasteiger partial charge in [0.1, 0.15) is 0 Å². The number of hydrogen-bond donors (Lipinski definition) is 2. The highest BCUT2D eigenvalue weighted by Gasteiger charge is 2.37. The van der Waals surface area contributed by atoms with E-state index in [2.05, 4.69) is 33.5 Å². The maximum absolute atomic E-state index is 12.6. The number of rotatable bonds is 3. The first-order valence-corrected chi connectivity index (χ1v) is 7.65. The molecule has 0 aliphatic carbocycles. The number of anilines is 1. The van der Waals surface area contributed by atoms with Crippen molar-refractivity contribution in [2.45, 2.75) is 33.1 Å². The molecule has 0 atom stereocenters. The number of piperidine rings is 1. The molecule has 0 spiro atoms. The van der Waals surface area contributed by atoms with Gasteiger partial charge in [-0.1, -0.05) is 28.9 Å². The normalized spacial score (nSPS) is 18.1. The molecule has 1 fully saturated rings. The number of halogens is 1. The number of hydrogen-bond acceptors (Lipinski definition) is 2. The molecule has 1 aliphatic heterocycles. The summed E-state index contributed by atoms with van der Waals surface area (Å²) in [6, 6.07) is 5.90. The Kier molecular flexibility index (Phi) is 4.63. The van der Waals surface area contributed by atoms with Gasteiger partial charge in [-0.3, -0.25) is 4.79 Å². The summed E-state index contributed by atoms with van der Waals surface area (Å²) >= 11 is 3.50. The lowest BCUT2D eigenvalue weighted by molar-refractivity contribution is -0.127.